The van der Waals surface area contributed by atoms with Crippen molar-refractivity contribution in [3.05, 3.63) is 58.8 Å². The molecule has 1 fully saturated rings. The number of nitrogens with one attached hydrogen (secondary N) is 3. The number of aryl methyl sites for hydroxylation is 1. The molecule has 1 saturated heterocycles. The van der Waals surface area contributed by atoms with E-state index in [9.17, 15) is 18.0 Å². The van der Waals surface area contributed by atoms with Crippen LogP contribution >= 0.6 is 0 Å². The molecule has 194 valence electrons. The Morgan fingerprint density at radius 3 is 2.73 bits per heavy atom. The highest BCUT2D eigenvalue weighted by molar-refractivity contribution is 6.08. The van der Waals surface area contributed by atoms with Gasteiger partial charge >= 0.3 is 6.18 Å². The van der Waals surface area contributed by atoms with Gasteiger partial charge in [-0.25, -0.2) is 4.98 Å². The second-order valence-electron chi connectivity index (χ2n) is 8.77. The minimum absolute atomic E-state index is 0.207. The number of benzene rings is 2. The molecule has 4 aromatic rings. The molecule has 9 nitrogen and oxygen atoms in total. The van der Waals surface area contributed by atoms with Gasteiger partial charge in [0.15, 0.2) is 5.82 Å². The van der Waals surface area contributed by atoms with E-state index in [1.165, 1.54) is 12.3 Å². The number of aromatic nitrogens is 4. The van der Waals surface area contributed by atoms with Crippen molar-refractivity contribution in [2.75, 3.05) is 38.7 Å². The molecule has 1 aliphatic heterocycles. The van der Waals surface area contributed by atoms with E-state index in [-0.39, 0.29) is 11.3 Å². The average molecular weight is 515 g/mol. The van der Waals surface area contributed by atoms with Crippen LogP contribution in [0.1, 0.15) is 27.0 Å². The van der Waals surface area contributed by atoms with E-state index < -0.39 is 23.4 Å². The van der Waals surface area contributed by atoms with Crippen LogP contribution in [0.5, 0.6) is 5.75 Å². The SMILES string of the molecule is COc1c(C(F)(F)F)ccc(C)c1C(=O)Nc1cn[nH]c1-c1nc2ccc(CN3CCOCC3)cc2[nH]1. The van der Waals surface area contributed by atoms with E-state index in [4.69, 9.17) is 9.47 Å². The molecular weight excluding hydrogens is 489 g/mol. The first-order chi connectivity index (χ1) is 17.7. The van der Waals surface area contributed by atoms with Crippen molar-refractivity contribution in [1.29, 1.82) is 0 Å². The molecule has 0 radical (unpaired) electrons. The number of nitrogens with zero attached hydrogens (tertiary/aromatic N) is 3. The van der Waals surface area contributed by atoms with Crippen LogP contribution in [0.25, 0.3) is 22.6 Å². The van der Waals surface area contributed by atoms with Crippen molar-refractivity contribution in [3.63, 3.8) is 0 Å². The Labute approximate surface area is 210 Å². The smallest absolute Gasteiger partial charge is 0.419 e. The summed E-state index contributed by atoms with van der Waals surface area (Å²) in [6.07, 6.45) is -3.30. The molecule has 0 atom stereocenters. The van der Waals surface area contributed by atoms with Gasteiger partial charge in [0, 0.05) is 19.6 Å². The third kappa shape index (κ3) is 5.02. The number of hydrogen-bond donors (Lipinski definition) is 3. The highest BCUT2D eigenvalue weighted by Crippen LogP contribution is 2.39. The largest absolute Gasteiger partial charge is 0.495 e. The molecule has 0 bridgehead atoms. The number of halogens is 3. The van der Waals surface area contributed by atoms with Gasteiger partial charge in [-0.3, -0.25) is 14.8 Å². The number of ether oxygens (including phenoxy) is 2. The number of H-pyrrole nitrogens is 2. The van der Waals surface area contributed by atoms with E-state index in [0.717, 1.165) is 62.6 Å². The van der Waals surface area contributed by atoms with Crippen molar-refractivity contribution >= 4 is 22.6 Å². The maximum absolute atomic E-state index is 13.5. The topological polar surface area (TPSA) is 108 Å². The normalized spacial score (nSPS) is 14.7. The Hall–Kier alpha value is -3.90. The maximum Gasteiger partial charge on any atom is 0.419 e. The van der Waals surface area contributed by atoms with Gasteiger partial charge < -0.3 is 19.8 Å². The molecule has 0 saturated carbocycles. The van der Waals surface area contributed by atoms with Crippen molar-refractivity contribution in [2.45, 2.75) is 19.6 Å². The monoisotopic (exact) mass is 514 g/mol. The van der Waals surface area contributed by atoms with Crippen molar-refractivity contribution in [1.82, 2.24) is 25.1 Å². The molecule has 1 aliphatic rings. The van der Waals surface area contributed by atoms with E-state index >= 15 is 0 Å². The molecule has 2 aromatic carbocycles. The summed E-state index contributed by atoms with van der Waals surface area (Å²) in [5, 5.41) is 9.46. The van der Waals surface area contributed by atoms with Gasteiger partial charge in [-0.2, -0.15) is 18.3 Å². The molecule has 37 heavy (non-hydrogen) atoms. The summed E-state index contributed by atoms with van der Waals surface area (Å²) in [6.45, 7) is 5.52. The summed E-state index contributed by atoms with van der Waals surface area (Å²) in [7, 11) is 1.10. The van der Waals surface area contributed by atoms with Gasteiger partial charge in [0.25, 0.3) is 5.91 Å². The van der Waals surface area contributed by atoms with Gasteiger partial charge in [0.05, 0.1) is 54.4 Å². The number of anilines is 1. The van der Waals surface area contributed by atoms with Crippen molar-refractivity contribution in [3.8, 4) is 17.3 Å². The van der Waals surface area contributed by atoms with Crippen LogP contribution in [0.3, 0.4) is 0 Å². The van der Waals surface area contributed by atoms with E-state index in [2.05, 4.69) is 30.4 Å². The predicted octanol–water partition coefficient (Wildman–Crippen LogP) is 4.37. The first kappa shape index (κ1) is 24.8. The average Bonchev–Trinajstić information content (AvgIpc) is 3.49. The summed E-state index contributed by atoms with van der Waals surface area (Å²) in [5.41, 5.74) is 2.41. The van der Waals surface area contributed by atoms with Gasteiger partial charge in [-0.15, -0.1) is 0 Å². The molecular formula is C25H25F3N6O3. The molecule has 5 rings (SSSR count). The lowest BCUT2D eigenvalue weighted by molar-refractivity contribution is -0.138. The number of fused-ring (bicyclic) bond motifs is 1. The van der Waals surface area contributed by atoms with Crippen LogP contribution in [0.15, 0.2) is 36.5 Å². The first-order valence-electron chi connectivity index (χ1n) is 11.6. The minimum atomic E-state index is -4.68. The number of alkyl halides is 3. The third-order valence-electron chi connectivity index (χ3n) is 6.28. The van der Waals surface area contributed by atoms with Crippen LogP contribution in [0.4, 0.5) is 18.9 Å². The molecule has 3 N–H and O–H groups in total. The number of amides is 1. The molecule has 0 aliphatic carbocycles. The molecule has 2 aromatic heterocycles. The number of morpholine rings is 1. The van der Waals surface area contributed by atoms with E-state index in [0.29, 0.717) is 17.1 Å². The highest BCUT2D eigenvalue weighted by Gasteiger charge is 2.37. The van der Waals surface area contributed by atoms with Gasteiger partial charge in [-0.05, 0) is 36.2 Å². The highest BCUT2D eigenvalue weighted by atomic mass is 19.4. The van der Waals surface area contributed by atoms with Gasteiger partial charge in [0.2, 0.25) is 0 Å². The van der Waals surface area contributed by atoms with Gasteiger partial charge in [0.1, 0.15) is 11.4 Å². The Balaban J connectivity index is 1.41. The maximum atomic E-state index is 13.5. The summed E-state index contributed by atoms with van der Waals surface area (Å²) in [4.78, 5) is 23.3. The summed E-state index contributed by atoms with van der Waals surface area (Å²) in [5.74, 6) is -0.863. The third-order valence-corrected chi connectivity index (χ3v) is 6.28. The number of aromatic amines is 2. The molecule has 0 spiro atoms. The standard InChI is InChI=1S/C25H25F3N6O3/c1-14-3-5-16(25(26,27)28)22(36-2)20(14)24(35)32-19-12-29-33-21(19)23-30-17-6-4-15(11-18(17)31-23)13-34-7-9-37-10-8-34/h3-6,11-12H,7-10,13H2,1-2H3,(H,29,33)(H,30,31)(H,32,35). The van der Waals surface area contributed by atoms with Crippen LogP contribution in [-0.4, -0.2) is 64.4 Å². The summed E-state index contributed by atoms with van der Waals surface area (Å²) in [6, 6.07) is 8.09. The zero-order valence-corrected chi connectivity index (χ0v) is 20.2. The van der Waals surface area contributed by atoms with E-state index in [1.54, 1.807) is 6.92 Å². The van der Waals surface area contributed by atoms with E-state index in [1.807, 2.05) is 18.2 Å². The second-order valence-corrected chi connectivity index (χ2v) is 8.77. The number of hydrogen-bond acceptors (Lipinski definition) is 6. The fourth-order valence-corrected chi connectivity index (χ4v) is 4.44. The molecule has 1 amide bonds. The Morgan fingerprint density at radius 2 is 2.00 bits per heavy atom. The van der Waals surface area contributed by atoms with Crippen LogP contribution in [0.2, 0.25) is 0 Å². The Bertz CT molecular complexity index is 1440. The van der Waals surface area contributed by atoms with Gasteiger partial charge in [-0.1, -0.05) is 12.1 Å². The fourth-order valence-electron chi connectivity index (χ4n) is 4.44. The summed E-state index contributed by atoms with van der Waals surface area (Å²) < 4.78 is 50.9. The van der Waals surface area contributed by atoms with Crippen molar-refractivity contribution < 1.29 is 27.4 Å². The fraction of sp³-hybridized carbons (Fsp3) is 0.320. The second kappa shape index (κ2) is 9.87. The Morgan fingerprint density at radius 1 is 1.22 bits per heavy atom. The molecule has 3 heterocycles. The van der Waals surface area contributed by atoms with Crippen LogP contribution < -0.4 is 10.1 Å². The zero-order chi connectivity index (χ0) is 26.2. The Kier molecular flexibility index (Phi) is 6.61. The number of imidazole rings is 1. The predicted molar refractivity (Wildman–Crippen MR) is 130 cm³/mol. The number of rotatable bonds is 6. The van der Waals surface area contributed by atoms with Crippen LogP contribution in [-0.2, 0) is 17.5 Å². The van der Waals surface area contributed by atoms with Crippen LogP contribution in [0, 0.1) is 6.92 Å². The number of carbonyl (C=O) groups excluding carboxylic acids is 1. The minimum Gasteiger partial charge on any atom is -0.495 e. The van der Waals surface area contributed by atoms with Crippen molar-refractivity contribution in [2.24, 2.45) is 0 Å². The summed E-state index contributed by atoms with van der Waals surface area (Å²) >= 11 is 0. The molecule has 0 unspecified atom stereocenters. The quantitative estimate of drug-likeness (QED) is 0.353. The lowest BCUT2D eigenvalue weighted by atomic mass is 10.0. The lowest BCUT2D eigenvalue weighted by Gasteiger charge is -2.26. The lowest BCUT2D eigenvalue weighted by Crippen LogP contribution is -2.35. The zero-order valence-electron chi connectivity index (χ0n) is 20.2. The number of methoxy groups -OCH3 is 1. The first-order valence-corrected chi connectivity index (χ1v) is 11.6. The molecule has 12 heteroatoms. The number of carbonyl (C=O) groups is 1.